The summed E-state index contributed by atoms with van der Waals surface area (Å²) < 4.78 is 11.8. The Hall–Kier alpha value is -1.93. The van der Waals surface area contributed by atoms with Crippen LogP contribution in [-0.2, 0) is 23.9 Å². The first kappa shape index (κ1) is 40.1. The molecule has 2 unspecified atom stereocenters. The van der Waals surface area contributed by atoms with Gasteiger partial charge >= 0.3 is 5.97 Å². The van der Waals surface area contributed by atoms with Gasteiger partial charge in [-0.25, -0.2) is 0 Å². The van der Waals surface area contributed by atoms with Gasteiger partial charge in [-0.1, -0.05) is 97.1 Å². The second kappa shape index (κ2) is 21.7. The summed E-state index contributed by atoms with van der Waals surface area (Å²) in [5, 5.41) is 15.5. The summed E-state index contributed by atoms with van der Waals surface area (Å²) in [5.41, 5.74) is -1.71. The number of allylic oxidation sites excluding steroid dienone is 2. The maximum atomic E-state index is 13.1. The molecule has 1 rings (SSSR count). The van der Waals surface area contributed by atoms with Crippen molar-refractivity contribution in [3.63, 3.8) is 0 Å². The maximum Gasteiger partial charge on any atom is 0.308 e. The van der Waals surface area contributed by atoms with E-state index < -0.39 is 28.7 Å². The molecule has 0 aliphatic carbocycles. The predicted molar refractivity (Wildman–Crippen MR) is 178 cm³/mol. The van der Waals surface area contributed by atoms with Crippen molar-refractivity contribution in [3.05, 3.63) is 12.2 Å². The average molecular weight is 623 g/mol. The molecule has 0 aromatic heterocycles. The van der Waals surface area contributed by atoms with Crippen molar-refractivity contribution in [2.24, 2.45) is 11.3 Å². The monoisotopic (exact) mass is 622 g/mol. The van der Waals surface area contributed by atoms with E-state index in [9.17, 15) is 19.5 Å². The van der Waals surface area contributed by atoms with Crippen molar-refractivity contribution in [3.8, 4) is 0 Å². The van der Waals surface area contributed by atoms with Crippen LogP contribution in [0.4, 0.5) is 0 Å². The summed E-state index contributed by atoms with van der Waals surface area (Å²) in [6.07, 6.45) is 24.2. The Morgan fingerprint density at radius 3 is 1.95 bits per heavy atom. The molecule has 8 heteroatoms. The third-order valence-corrected chi connectivity index (χ3v) is 9.03. The normalized spacial score (nSPS) is 20.0. The molecule has 1 heterocycles. The van der Waals surface area contributed by atoms with Crippen molar-refractivity contribution < 1.29 is 29.0 Å². The molecule has 2 amide bonds. The van der Waals surface area contributed by atoms with E-state index in [0.717, 1.165) is 32.1 Å². The van der Waals surface area contributed by atoms with Crippen LogP contribution in [0, 0.1) is 11.3 Å². The molecule has 0 bridgehead atoms. The molecule has 0 aromatic rings. The van der Waals surface area contributed by atoms with Crippen molar-refractivity contribution in [2.75, 3.05) is 19.7 Å². The summed E-state index contributed by atoms with van der Waals surface area (Å²) in [5.74, 6) is -2.71. The third-order valence-electron chi connectivity index (χ3n) is 9.03. The minimum atomic E-state index is -1.14. The Balaban J connectivity index is 2.09. The zero-order chi connectivity index (χ0) is 32.9. The van der Waals surface area contributed by atoms with Gasteiger partial charge in [-0.15, -0.1) is 0 Å². The van der Waals surface area contributed by atoms with Crippen LogP contribution in [-0.4, -0.2) is 54.0 Å². The van der Waals surface area contributed by atoms with E-state index in [2.05, 4.69) is 29.7 Å². The summed E-state index contributed by atoms with van der Waals surface area (Å²) in [6.45, 7) is 12.4. The molecule has 256 valence electrons. The van der Waals surface area contributed by atoms with Crippen molar-refractivity contribution in [2.45, 2.75) is 169 Å². The van der Waals surface area contributed by atoms with Crippen molar-refractivity contribution in [1.82, 2.24) is 10.6 Å². The van der Waals surface area contributed by atoms with Gasteiger partial charge in [0, 0.05) is 24.9 Å². The number of amides is 2. The molecule has 2 atom stereocenters. The highest BCUT2D eigenvalue weighted by molar-refractivity contribution is 5.86. The van der Waals surface area contributed by atoms with Gasteiger partial charge in [0.25, 0.3) is 5.91 Å². The first-order chi connectivity index (χ1) is 20.8. The lowest BCUT2D eigenvalue weighted by Crippen LogP contribution is -2.65. The van der Waals surface area contributed by atoms with Gasteiger partial charge in [-0.3, -0.25) is 14.4 Å². The van der Waals surface area contributed by atoms with Gasteiger partial charge in [-0.2, -0.15) is 0 Å². The first-order valence-corrected chi connectivity index (χ1v) is 17.6. The maximum absolute atomic E-state index is 13.1. The van der Waals surface area contributed by atoms with Crippen LogP contribution in [0.5, 0.6) is 0 Å². The smallest absolute Gasteiger partial charge is 0.308 e. The van der Waals surface area contributed by atoms with Gasteiger partial charge in [0.05, 0.1) is 12.5 Å². The number of nitrogens with one attached hydrogen (secondary N) is 2. The third kappa shape index (κ3) is 16.4. The van der Waals surface area contributed by atoms with E-state index in [1.165, 1.54) is 70.6 Å². The van der Waals surface area contributed by atoms with E-state index >= 15 is 0 Å². The summed E-state index contributed by atoms with van der Waals surface area (Å²) in [6, 6.07) is 0. The Morgan fingerprint density at radius 2 is 1.34 bits per heavy atom. The fourth-order valence-corrected chi connectivity index (χ4v) is 5.57. The van der Waals surface area contributed by atoms with E-state index in [-0.39, 0.29) is 18.4 Å². The minimum absolute atomic E-state index is 0.0528. The summed E-state index contributed by atoms with van der Waals surface area (Å²) in [7, 11) is 0. The fourth-order valence-electron chi connectivity index (χ4n) is 5.57. The quantitative estimate of drug-likeness (QED) is 0.0701. The van der Waals surface area contributed by atoms with Gasteiger partial charge in [0.1, 0.15) is 0 Å². The van der Waals surface area contributed by atoms with Crippen LogP contribution in [0.1, 0.15) is 157 Å². The number of carbonyl (C=O) groups excluding carboxylic acids is 2. The van der Waals surface area contributed by atoms with Crippen LogP contribution >= 0.6 is 0 Å². The van der Waals surface area contributed by atoms with Gasteiger partial charge in [0.2, 0.25) is 5.91 Å². The molecule has 0 saturated carbocycles. The molecule has 1 saturated heterocycles. The molecule has 1 fully saturated rings. The number of rotatable bonds is 25. The molecule has 1 aliphatic heterocycles. The molecule has 8 nitrogen and oxygen atoms in total. The largest absolute Gasteiger partial charge is 0.481 e. The SMILES string of the molecule is CCCCCCCC/C=C\CCCCCCCC(=O)NCCCCCC(CNC(=O)C1(C)OC(C)(C)OCC1(C)C)C(=O)O. The first-order valence-electron chi connectivity index (χ1n) is 17.6. The highest BCUT2D eigenvalue weighted by atomic mass is 16.7. The van der Waals surface area contributed by atoms with Crippen LogP contribution in [0.3, 0.4) is 0 Å². The number of hydrogen-bond donors (Lipinski definition) is 3. The second-order valence-corrected chi connectivity index (χ2v) is 14.0. The number of unbranched alkanes of at least 4 members (excludes halogenated alkanes) is 13. The number of carboxylic acid groups (broad SMARTS) is 1. The lowest BCUT2D eigenvalue weighted by atomic mass is 9.74. The Morgan fingerprint density at radius 1 is 0.773 bits per heavy atom. The van der Waals surface area contributed by atoms with E-state index in [1.807, 2.05) is 13.8 Å². The van der Waals surface area contributed by atoms with Crippen LogP contribution in [0.25, 0.3) is 0 Å². The Bertz CT molecular complexity index is 856. The fraction of sp³-hybridized carbons (Fsp3) is 0.861. The molecule has 0 spiro atoms. The Kier molecular flexibility index (Phi) is 19.8. The lowest BCUT2D eigenvalue weighted by molar-refractivity contribution is -0.336. The van der Waals surface area contributed by atoms with Crippen LogP contribution < -0.4 is 10.6 Å². The molecular formula is C36H66N2O6. The lowest BCUT2D eigenvalue weighted by Gasteiger charge is -2.51. The van der Waals surface area contributed by atoms with Gasteiger partial charge in [0.15, 0.2) is 11.4 Å². The van der Waals surface area contributed by atoms with Crippen LogP contribution in [0.15, 0.2) is 12.2 Å². The summed E-state index contributed by atoms with van der Waals surface area (Å²) >= 11 is 0. The molecule has 3 N–H and O–H groups in total. The minimum Gasteiger partial charge on any atom is -0.481 e. The summed E-state index contributed by atoms with van der Waals surface area (Å²) in [4.78, 5) is 37.1. The van der Waals surface area contributed by atoms with Crippen molar-refractivity contribution in [1.29, 1.82) is 0 Å². The standard InChI is InChI=1S/C36H66N2O6/c1-7-8-9-10-11-12-13-14-15-16-17-18-19-20-23-26-31(39)37-27-24-21-22-25-30(32(40)41)28-38-33(42)36(6)34(2,3)29-43-35(4,5)44-36/h14-15,30H,7-13,16-29H2,1-6H3,(H,37,39)(H,38,42)(H,40,41)/b15-14-. The Labute approximate surface area is 268 Å². The molecule has 0 aromatic carbocycles. The number of aliphatic carboxylic acids is 1. The van der Waals surface area contributed by atoms with Gasteiger partial charge in [-0.05, 0) is 65.7 Å². The molecule has 44 heavy (non-hydrogen) atoms. The zero-order valence-electron chi connectivity index (χ0n) is 29.1. The number of hydrogen-bond acceptors (Lipinski definition) is 5. The van der Waals surface area contributed by atoms with Crippen LogP contribution in [0.2, 0.25) is 0 Å². The number of carbonyl (C=O) groups is 3. The second-order valence-electron chi connectivity index (χ2n) is 14.0. The van der Waals surface area contributed by atoms with E-state index in [4.69, 9.17) is 9.47 Å². The van der Waals surface area contributed by atoms with E-state index in [1.54, 1.807) is 20.8 Å². The highest BCUT2D eigenvalue weighted by Gasteiger charge is 2.55. The molecular weight excluding hydrogens is 556 g/mol. The number of ether oxygens (including phenoxy) is 2. The van der Waals surface area contributed by atoms with E-state index in [0.29, 0.717) is 26.0 Å². The average Bonchev–Trinajstić information content (AvgIpc) is 2.96. The predicted octanol–water partition coefficient (Wildman–Crippen LogP) is 8.09. The zero-order valence-corrected chi connectivity index (χ0v) is 29.1. The molecule has 0 radical (unpaired) electrons. The molecule has 1 aliphatic rings. The van der Waals surface area contributed by atoms with Gasteiger partial charge < -0.3 is 25.2 Å². The highest BCUT2D eigenvalue weighted by Crippen LogP contribution is 2.43. The van der Waals surface area contributed by atoms with Crippen molar-refractivity contribution >= 4 is 17.8 Å². The topological polar surface area (TPSA) is 114 Å². The number of carboxylic acids is 1.